The number of non-ortho nitro benzene ring substituents is 2. The van der Waals surface area contributed by atoms with Crippen molar-refractivity contribution in [3.8, 4) is 0 Å². The van der Waals surface area contributed by atoms with E-state index in [1.165, 1.54) is 48.5 Å². The smallest absolute Gasteiger partial charge is 0.294 e. The van der Waals surface area contributed by atoms with Crippen molar-refractivity contribution in [3.05, 3.63) is 104 Å². The Kier molecular flexibility index (Phi) is 6.28. The van der Waals surface area contributed by atoms with E-state index in [9.17, 15) is 33.2 Å². The Morgan fingerprint density at radius 2 is 1.23 bits per heavy atom. The fourth-order valence-electron chi connectivity index (χ4n) is 3.04. The first-order chi connectivity index (χ1) is 14.6. The van der Waals surface area contributed by atoms with Gasteiger partial charge in [-0.05, 0) is 35.4 Å². The molecular weight excluding hydrogens is 426 g/mol. The molecule has 0 heterocycles. The quantitative estimate of drug-likeness (QED) is 0.313. The lowest BCUT2D eigenvalue weighted by Crippen LogP contribution is -2.22. The lowest BCUT2D eigenvalue weighted by Gasteiger charge is -2.25. The molecule has 0 fully saturated rings. The predicted molar refractivity (Wildman–Crippen MR) is 112 cm³/mol. The van der Waals surface area contributed by atoms with Gasteiger partial charge in [0.1, 0.15) is 0 Å². The zero-order chi connectivity index (χ0) is 22.6. The summed E-state index contributed by atoms with van der Waals surface area (Å²) in [5, 5.41) is 22.2. The molecule has 160 valence electrons. The fourth-order valence-corrected chi connectivity index (χ4v) is 3.52. The minimum Gasteiger partial charge on any atom is -0.363 e. The van der Waals surface area contributed by atoms with Crippen LogP contribution in [0.1, 0.15) is 11.1 Å². The number of rotatable bonds is 8. The van der Waals surface area contributed by atoms with Gasteiger partial charge in [-0.15, -0.1) is 0 Å². The molecule has 0 aliphatic carbocycles. The second-order valence-corrected chi connectivity index (χ2v) is 8.10. The molecular formula is C20H17N3O7S. The van der Waals surface area contributed by atoms with E-state index in [4.69, 9.17) is 0 Å². The molecule has 11 heteroatoms. The highest BCUT2D eigenvalue weighted by atomic mass is 32.2. The third-order valence-electron chi connectivity index (χ3n) is 4.49. The minimum absolute atomic E-state index is 0.0745. The maximum Gasteiger partial charge on any atom is 0.294 e. The van der Waals surface area contributed by atoms with Crippen molar-refractivity contribution < 1.29 is 22.8 Å². The van der Waals surface area contributed by atoms with Crippen LogP contribution in [0.4, 0.5) is 17.1 Å². The van der Waals surface area contributed by atoms with Gasteiger partial charge in [0, 0.05) is 43.0 Å². The Balaban J connectivity index is 1.97. The van der Waals surface area contributed by atoms with E-state index in [1.807, 2.05) is 0 Å². The first kappa shape index (κ1) is 21.9. The number of nitro groups is 2. The second-order valence-electron chi connectivity index (χ2n) is 6.68. The Labute approximate surface area is 177 Å². The van der Waals surface area contributed by atoms with Gasteiger partial charge in [0.2, 0.25) is 0 Å². The highest BCUT2D eigenvalue weighted by molar-refractivity contribution is 7.85. The first-order valence-electron chi connectivity index (χ1n) is 8.92. The molecule has 0 spiro atoms. The molecule has 3 aromatic rings. The largest absolute Gasteiger partial charge is 0.363 e. The van der Waals surface area contributed by atoms with Gasteiger partial charge in [0.05, 0.1) is 14.7 Å². The topological polar surface area (TPSA) is 144 Å². The zero-order valence-corrected chi connectivity index (χ0v) is 16.8. The van der Waals surface area contributed by atoms with Crippen LogP contribution in [0.15, 0.2) is 77.7 Å². The summed E-state index contributed by atoms with van der Waals surface area (Å²) in [6.07, 6.45) is 0. The van der Waals surface area contributed by atoms with Gasteiger partial charge in [-0.3, -0.25) is 24.8 Å². The third kappa shape index (κ3) is 5.62. The van der Waals surface area contributed by atoms with Crippen LogP contribution < -0.4 is 4.90 Å². The van der Waals surface area contributed by atoms with Gasteiger partial charge in [0.15, 0.2) is 0 Å². The van der Waals surface area contributed by atoms with Gasteiger partial charge in [0.25, 0.3) is 21.5 Å². The van der Waals surface area contributed by atoms with E-state index in [-0.39, 0.29) is 29.4 Å². The standard InChI is InChI=1S/C20H17N3O7S/c24-22(25)18-5-1-3-15(11-18)13-21(14-16-4-2-6-19(12-16)23(26)27)17-7-9-20(10-8-17)31(28,29)30/h1-12H,13-14H2,(H,28,29,30). The number of anilines is 1. The number of benzene rings is 3. The molecule has 0 bridgehead atoms. The summed E-state index contributed by atoms with van der Waals surface area (Å²) in [5.74, 6) is 0. The van der Waals surface area contributed by atoms with E-state index in [0.717, 1.165) is 0 Å². The number of nitrogens with zero attached hydrogens (tertiary/aromatic N) is 3. The normalized spacial score (nSPS) is 11.1. The second kappa shape index (κ2) is 8.90. The Morgan fingerprint density at radius 3 is 1.61 bits per heavy atom. The lowest BCUT2D eigenvalue weighted by molar-refractivity contribution is -0.385. The SMILES string of the molecule is O=[N+]([O-])c1cccc(CN(Cc2cccc([N+](=O)[O-])c2)c2ccc(S(=O)(=O)O)cc2)c1. The Bertz CT molecular complexity index is 1170. The van der Waals surface area contributed by atoms with Crippen LogP contribution >= 0.6 is 0 Å². The van der Waals surface area contributed by atoms with Crippen LogP contribution in [0.25, 0.3) is 0 Å². The predicted octanol–water partition coefficient (Wildman–Crippen LogP) is 3.96. The van der Waals surface area contributed by atoms with Gasteiger partial charge in [-0.2, -0.15) is 8.42 Å². The van der Waals surface area contributed by atoms with Crippen LogP contribution in [-0.2, 0) is 23.2 Å². The van der Waals surface area contributed by atoms with E-state index in [1.54, 1.807) is 29.2 Å². The molecule has 31 heavy (non-hydrogen) atoms. The molecule has 0 unspecified atom stereocenters. The minimum atomic E-state index is -4.36. The highest BCUT2D eigenvalue weighted by Crippen LogP contribution is 2.25. The Hall–Kier alpha value is -3.83. The molecule has 1 N–H and O–H groups in total. The summed E-state index contributed by atoms with van der Waals surface area (Å²) in [4.78, 5) is 22.7. The number of hydrogen-bond donors (Lipinski definition) is 1. The van der Waals surface area contributed by atoms with Crippen molar-refractivity contribution in [2.45, 2.75) is 18.0 Å². The molecule has 10 nitrogen and oxygen atoms in total. The zero-order valence-electron chi connectivity index (χ0n) is 16.0. The molecule has 0 aromatic heterocycles. The van der Waals surface area contributed by atoms with E-state index >= 15 is 0 Å². The van der Waals surface area contributed by atoms with Gasteiger partial charge >= 0.3 is 0 Å². The summed E-state index contributed by atoms with van der Waals surface area (Å²) in [5.41, 5.74) is 1.66. The molecule has 3 rings (SSSR count). The van der Waals surface area contributed by atoms with Crippen molar-refractivity contribution >= 4 is 27.2 Å². The highest BCUT2D eigenvalue weighted by Gasteiger charge is 2.15. The van der Waals surface area contributed by atoms with E-state index in [0.29, 0.717) is 16.8 Å². The maximum atomic E-state index is 11.3. The van der Waals surface area contributed by atoms with Crippen LogP contribution in [0.2, 0.25) is 0 Å². The fraction of sp³-hybridized carbons (Fsp3) is 0.100. The average molecular weight is 443 g/mol. The molecule has 0 saturated carbocycles. The van der Waals surface area contributed by atoms with Crippen molar-refractivity contribution in [2.75, 3.05) is 4.90 Å². The summed E-state index contributed by atoms with van der Waals surface area (Å²) in [6, 6.07) is 17.6. The summed E-state index contributed by atoms with van der Waals surface area (Å²) in [6.45, 7) is 0.436. The van der Waals surface area contributed by atoms with Crippen molar-refractivity contribution in [3.63, 3.8) is 0 Å². The first-order valence-corrected chi connectivity index (χ1v) is 10.4. The Morgan fingerprint density at radius 1 is 0.774 bits per heavy atom. The van der Waals surface area contributed by atoms with E-state index < -0.39 is 20.0 Å². The number of nitro benzene ring substituents is 2. The third-order valence-corrected chi connectivity index (χ3v) is 5.36. The maximum absolute atomic E-state index is 11.3. The molecule has 0 aliphatic rings. The van der Waals surface area contributed by atoms with E-state index in [2.05, 4.69) is 0 Å². The average Bonchev–Trinajstić information content (AvgIpc) is 2.73. The molecule has 0 saturated heterocycles. The summed E-state index contributed by atoms with van der Waals surface area (Å²) >= 11 is 0. The molecule has 3 aromatic carbocycles. The summed E-state index contributed by atoms with van der Waals surface area (Å²) in [7, 11) is -4.36. The van der Waals surface area contributed by atoms with Crippen LogP contribution in [0, 0.1) is 20.2 Å². The van der Waals surface area contributed by atoms with Gasteiger partial charge in [-0.1, -0.05) is 24.3 Å². The summed E-state index contributed by atoms with van der Waals surface area (Å²) < 4.78 is 31.8. The van der Waals surface area contributed by atoms with Gasteiger partial charge < -0.3 is 4.90 Å². The van der Waals surface area contributed by atoms with Crippen LogP contribution in [0.5, 0.6) is 0 Å². The van der Waals surface area contributed by atoms with Crippen LogP contribution in [0.3, 0.4) is 0 Å². The number of hydrogen-bond acceptors (Lipinski definition) is 7. The van der Waals surface area contributed by atoms with Crippen molar-refractivity contribution in [2.24, 2.45) is 0 Å². The molecule has 0 aliphatic heterocycles. The van der Waals surface area contributed by atoms with Gasteiger partial charge in [-0.25, -0.2) is 0 Å². The molecule has 0 radical (unpaired) electrons. The van der Waals surface area contributed by atoms with Crippen LogP contribution in [-0.4, -0.2) is 22.8 Å². The monoisotopic (exact) mass is 443 g/mol. The van der Waals surface area contributed by atoms with Crippen molar-refractivity contribution in [1.29, 1.82) is 0 Å². The lowest BCUT2D eigenvalue weighted by atomic mass is 10.1. The van der Waals surface area contributed by atoms with Crippen molar-refractivity contribution in [1.82, 2.24) is 0 Å². The molecule has 0 atom stereocenters. The molecule has 0 amide bonds.